The van der Waals surface area contributed by atoms with E-state index in [0.717, 1.165) is 5.56 Å². The van der Waals surface area contributed by atoms with Crippen molar-refractivity contribution in [2.75, 3.05) is 30.6 Å². The van der Waals surface area contributed by atoms with Gasteiger partial charge in [0.1, 0.15) is 11.0 Å². The summed E-state index contributed by atoms with van der Waals surface area (Å²) in [7, 11) is -1.10. The largest absolute Gasteiger partial charge is 0.493 e. The second-order valence-electron chi connectivity index (χ2n) is 6.68. The number of sulfone groups is 1. The highest BCUT2D eigenvalue weighted by molar-refractivity contribution is 7.93. The molecule has 1 unspecified atom stereocenters. The Morgan fingerprint density at radius 3 is 2.23 bits per heavy atom. The summed E-state index contributed by atoms with van der Waals surface area (Å²) in [6, 6.07) is 11.7. The van der Waals surface area contributed by atoms with Gasteiger partial charge in [0.15, 0.2) is 21.3 Å². The van der Waals surface area contributed by atoms with E-state index in [0.29, 0.717) is 22.9 Å². The van der Waals surface area contributed by atoms with Crippen LogP contribution in [0.15, 0.2) is 42.5 Å². The topological polar surface area (TPSA) is 111 Å². The standard InChI is InChI=1S/C21H26N2O6S/c1-5-19(21(25)23-15-8-6-7-14(2)11-15)30(26,27)13-20(24)22-16-9-10-17(28-3)18(12-16)29-4/h6-12,19H,5,13H2,1-4H3,(H,22,24)(H,23,25). The third kappa shape index (κ3) is 5.96. The highest BCUT2D eigenvalue weighted by atomic mass is 32.2. The van der Waals surface area contributed by atoms with Crippen molar-refractivity contribution in [3.05, 3.63) is 48.0 Å². The molecule has 0 heterocycles. The summed E-state index contributed by atoms with van der Waals surface area (Å²) in [5.74, 6) is -1.36. The number of rotatable bonds is 9. The van der Waals surface area contributed by atoms with Crippen LogP contribution in [-0.2, 0) is 19.4 Å². The van der Waals surface area contributed by atoms with Crippen LogP contribution in [0.3, 0.4) is 0 Å². The lowest BCUT2D eigenvalue weighted by Crippen LogP contribution is -2.39. The fourth-order valence-electron chi connectivity index (χ4n) is 2.94. The second kappa shape index (κ2) is 10.1. The predicted molar refractivity (Wildman–Crippen MR) is 116 cm³/mol. The highest BCUT2D eigenvalue weighted by Crippen LogP contribution is 2.29. The predicted octanol–water partition coefficient (Wildman–Crippen LogP) is 2.78. The van der Waals surface area contributed by atoms with Crippen molar-refractivity contribution in [3.63, 3.8) is 0 Å². The average molecular weight is 435 g/mol. The van der Waals surface area contributed by atoms with Crippen LogP contribution in [0.5, 0.6) is 11.5 Å². The van der Waals surface area contributed by atoms with Crippen LogP contribution >= 0.6 is 0 Å². The maximum Gasteiger partial charge on any atom is 0.242 e. The van der Waals surface area contributed by atoms with Crippen molar-refractivity contribution < 1.29 is 27.5 Å². The molecule has 0 spiro atoms. The van der Waals surface area contributed by atoms with Gasteiger partial charge in [0.05, 0.1) is 14.2 Å². The van der Waals surface area contributed by atoms with Crippen LogP contribution in [-0.4, -0.2) is 45.5 Å². The van der Waals surface area contributed by atoms with Crippen molar-refractivity contribution in [1.82, 2.24) is 0 Å². The van der Waals surface area contributed by atoms with Gasteiger partial charge in [-0.3, -0.25) is 9.59 Å². The van der Waals surface area contributed by atoms with Crippen molar-refractivity contribution in [2.45, 2.75) is 25.5 Å². The number of amides is 2. The fourth-order valence-corrected chi connectivity index (χ4v) is 4.47. The smallest absolute Gasteiger partial charge is 0.242 e. The quantitative estimate of drug-likeness (QED) is 0.628. The molecule has 2 aromatic carbocycles. The van der Waals surface area contributed by atoms with E-state index in [9.17, 15) is 18.0 Å². The zero-order chi connectivity index (χ0) is 22.3. The van der Waals surface area contributed by atoms with E-state index < -0.39 is 32.7 Å². The number of benzene rings is 2. The van der Waals surface area contributed by atoms with Gasteiger partial charge in [-0.1, -0.05) is 19.1 Å². The van der Waals surface area contributed by atoms with Crippen molar-refractivity contribution in [3.8, 4) is 11.5 Å². The molecule has 162 valence electrons. The maximum absolute atomic E-state index is 12.7. The van der Waals surface area contributed by atoms with Gasteiger partial charge in [0.2, 0.25) is 11.8 Å². The number of carbonyl (C=O) groups excluding carboxylic acids is 2. The molecule has 0 fully saturated rings. The molecule has 2 rings (SSSR count). The third-order valence-electron chi connectivity index (χ3n) is 4.38. The van der Waals surface area contributed by atoms with Gasteiger partial charge in [-0.15, -0.1) is 0 Å². The monoisotopic (exact) mass is 434 g/mol. The van der Waals surface area contributed by atoms with Gasteiger partial charge >= 0.3 is 0 Å². The molecule has 30 heavy (non-hydrogen) atoms. The fraction of sp³-hybridized carbons (Fsp3) is 0.333. The molecule has 8 nitrogen and oxygen atoms in total. The normalized spacial score (nSPS) is 12.0. The molecule has 0 radical (unpaired) electrons. The SMILES string of the molecule is CCC(C(=O)Nc1cccc(C)c1)S(=O)(=O)CC(=O)Nc1ccc(OC)c(OC)c1. The number of hydrogen-bond donors (Lipinski definition) is 2. The van der Waals surface area contributed by atoms with Crippen LogP contribution in [0.4, 0.5) is 11.4 Å². The molecule has 0 bridgehead atoms. The van der Waals surface area contributed by atoms with Crippen LogP contribution in [0, 0.1) is 6.92 Å². The first-order valence-corrected chi connectivity index (χ1v) is 11.0. The van der Waals surface area contributed by atoms with Crippen molar-refractivity contribution in [1.29, 1.82) is 0 Å². The molecule has 0 aliphatic carbocycles. The number of carbonyl (C=O) groups is 2. The number of anilines is 2. The minimum atomic E-state index is -4.03. The van der Waals surface area contributed by atoms with Crippen molar-refractivity contribution in [2.24, 2.45) is 0 Å². The number of aryl methyl sites for hydroxylation is 1. The molecule has 0 aliphatic heterocycles. The van der Waals surface area contributed by atoms with E-state index in [1.165, 1.54) is 20.3 Å². The van der Waals surface area contributed by atoms with E-state index in [2.05, 4.69) is 10.6 Å². The van der Waals surface area contributed by atoms with E-state index in [1.807, 2.05) is 13.0 Å². The van der Waals surface area contributed by atoms with Crippen molar-refractivity contribution >= 4 is 33.0 Å². The lowest BCUT2D eigenvalue weighted by Gasteiger charge is -2.16. The molecule has 0 saturated heterocycles. The summed E-state index contributed by atoms with van der Waals surface area (Å²) in [6.07, 6.45) is 0.0453. The molecule has 1 atom stereocenters. The Balaban J connectivity index is 2.09. The Kier molecular flexibility index (Phi) is 7.82. The zero-order valence-corrected chi connectivity index (χ0v) is 18.2. The molecule has 0 aliphatic rings. The van der Waals surface area contributed by atoms with E-state index in [4.69, 9.17) is 9.47 Å². The summed E-state index contributed by atoms with van der Waals surface area (Å²) < 4.78 is 35.7. The minimum absolute atomic E-state index is 0.0453. The van der Waals surface area contributed by atoms with E-state index in [1.54, 1.807) is 37.3 Å². The van der Waals surface area contributed by atoms with Gasteiger partial charge in [-0.05, 0) is 43.2 Å². The van der Waals surface area contributed by atoms with E-state index in [-0.39, 0.29) is 6.42 Å². The average Bonchev–Trinajstić information content (AvgIpc) is 2.67. The molecule has 2 aromatic rings. The number of nitrogens with one attached hydrogen (secondary N) is 2. The summed E-state index contributed by atoms with van der Waals surface area (Å²) >= 11 is 0. The highest BCUT2D eigenvalue weighted by Gasteiger charge is 2.33. The minimum Gasteiger partial charge on any atom is -0.493 e. The number of methoxy groups -OCH3 is 2. The Morgan fingerprint density at radius 2 is 1.63 bits per heavy atom. The molecule has 9 heteroatoms. The summed E-state index contributed by atoms with van der Waals surface area (Å²) in [5, 5.41) is 3.79. The maximum atomic E-state index is 12.7. The summed E-state index contributed by atoms with van der Waals surface area (Å²) in [6.45, 7) is 3.45. The third-order valence-corrected chi connectivity index (χ3v) is 6.46. The Labute approximate surface area is 176 Å². The van der Waals surface area contributed by atoms with Crippen LogP contribution in [0.1, 0.15) is 18.9 Å². The first-order valence-electron chi connectivity index (χ1n) is 9.31. The summed E-state index contributed by atoms with van der Waals surface area (Å²) in [5.41, 5.74) is 1.78. The lowest BCUT2D eigenvalue weighted by molar-refractivity contribution is -0.115. The van der Waals surface area contributed by atoms with Gasteiger partial charge in [-0.25, -0.2) is 8.42 Å². The first-order chi connectivity index (χ1) is 14.2. The molecular formula is C21H26N2O6S. The number of hydrogen-bond acceptors (Lipinski definition) is 6. The molecule has 2 N–H and O–H groups in total. The molecule has 0 aromatic heterocycles. The van der Waals surface area contributed by atoms with Crippen LogP contribution in [0.25, 0.3) is 0 Å². The van der Waals surface area contributed by atoms with Gasteiger partial charge < -0.3 is 20.1 Å². The van der Waals surface area contributed by atoms with E-state index >= 15 is 0 Å². The van der Waals surface area contributed by atoms with Gasteiger partial charge in [-0.2, -0.15) is 0 Å². The Hall–Kier alpha value is -3.07. The molecule has 2 amide bonds. The lowest BCUT2D eigenvalue weighted by atomic mass is 10.2. The Bertz CT molecular complexity index is 1020. The van der Waals surface area contributed by atoms with Crippen LogP contribution in [0.2, 0.25) is 0 Å². The zero-order valence-electron chi connectivity index (χ0n) is 17.4. The van der Waals surface area contributed by atoms with Gasteiger partial charge in [0.25, 0.3) is 0 Å². The Morgan fingerprint density at radius 1 is 0.967 bits per heavy atom. The molecular weight excluding hydrogens is 408 g/mol. The first kappa shape index (κ1) is 23.2. The van der Waals surface area contributed by atoms with Gasteiger partial charge in [0, 0.05) is 17.4 Å². The molecule has 0 saturated carbocycles. The second-order valence-corrected chi connectivity index (χ2v) is 8.86. The van der Waals surface area contributed by atoms with Crippen LogP contribution < -0.4 is 20.1 Å². The number of ether oxygens (including phenoxy) is 2. The summed E-state index contributed by atoms with van der Waals surface area (Å²) in [4.78, 5) is 24.9.